The average Bonchev–Trinajstić information content (AvgIpc) is 2.91. The molecule has 0 bridgehead atoms. The molecule has 36 heavy (non-hydrogen) atoms. The second-order valence-electron chi connectivity index (χ2n) is 9.78. The zero-order chi connectivity index (χ0) is 25.4. The third kappa shape index (κ3) is 9.93. The molecule has 1 aromatic heterocycles. The third-order valence-electron chi connectivity index (χ3n) is 6.64. The van der Waals surface area contributed by atoms with Gasteiger partial charge in [0.05, 0.1) is 11.7 Å². The number of hydrogen-bond donors (Lipinski definition) is 0. The van der Waals surface area contributed by atoms with Gasteiger partial charge in [-0.05, 0) is 55.9 Å². The summed E-state index contributed by atoms with van der Waals surface area (Å²) in [5, 5.41) is 0. The first-order valence-electron chi connectivity index (χ1n) is 13.8. The Balaban J connectivity index is 1.34. The van der Waals surface area contributed by atoms with Crippen LogP contribution >= 0.6 is 0 Å². The zero-order valence-corrected chi connectivity index (χ0v) is 22.1. The number of benzene rings is 2. The minimum absolute atomic E-state index is 0.138. The van der Waals surface area contributed by atoms with E-state index in [1.165, 1.54) is 56.9 Å². The Hall–Kier alpha value is -3.01. The average molecular weight is 487 g/mol. The Morgan fingerprint density at radius 2 is 1.39 bits per heavy atom. The number of aromatic nitrogens is 2. The van der Waals surface area contributed by atoms with Gasteiger partial charge in [-0.3, -0.25) is 0 Å². The van der Waals surface area contributed by atoms with Gasteiger partial charge in [0.2, 0.25) is 0 Å². The molecular formula is C32H42N2O2. The van der Waals surface area contributed by atoms with E-state index >= 15 is 0 Å². The van der Waals surface area contributed by atoms with E-state index in [-0.39, 0.29) is 12.1 Å². The zero-order valence-electron chi connectivity index (χ0n) is 22.1. The Morgan fingerprint density at radius 3 is 2.06 bits per heavy atom. The van der Waals surface area contributed by atoms with E-state index in [1.54, 1.807) is 12.1 Å². The van der Waals surface area contributed by atoms with Crippen LogP contribution in [0.25, 0.3) is 11.1 Å². The molecule has 3 aromatic rings. The van der Waals surface area contributed by atoms with Gasteiger partial charge in [0, 0.05) is 24.4 Å². The Kier molecular flexibility index (Phi) is 12.2. The summed E-state index contributed by atoms with van der Waals surface area (Å²) in [6.45, 7) is 4.20. The summed E-state index contributed by atoms with van der Waals surface area (Å²) in [6, 6.07) is 18.0. The van der Waals surface area contributed by atoms with Crippen LogP contribution in [-0.4, -0.2) is 22.0 Å². The van der Waals surface area contributed by atoms with Crippen LogP contribution in [0.5, 0.6) is 0 Å². The van der Waals surface area contributed by atoms with Gasteiger partial charge in [-0.2, -0.15) is 0 Å². The van der Waals surface area contributed by atoms with Crippen molar-refractivity contribution in [1.82, 2.24) is 9.97 Å². The fourth-order valence-corrected chi connectivity index (χ4v) is 4.39. The second-order valence-corrected chi connectivity index (χ2v) is 9.78. The van der Waals surface area contributed by atoms with Crippen LogP contribution < -0.4 is 0 Å². The molecule has 0 aliphatic rings. The monoisotopic (exact) mass is 486 g/mol. The molecular weight excluding hydrogens is 444 g/mol. The number of hydrogen-bond acceptors (Lipinski definition) is 4. The number of carbonyl (C=O) groups excluding carboxylic acids is 1. The molecule has 192 valence electrons. The molecule has 1 unspecified atom stereocenters. The first kappa shape index (κ1) is 27.6. The molecule has 0 saturated heterocycles. The SMILES string of the molecule is CCCCCCCCCCc1ccc(-c2cnc(CCCC(C)OC(=O)c3ccccc3)nc2)cc1. The van der Waals surface area contributed by atoms with Crippen LogP contribution in [0.4, 0.5) is 0 Å². The van der Waals surface area contributed by atoms with Gasteiger partial charge < -0.3 is 4.74 Å². The van der Waals surface area contributed by atoms with Crippen molar-refractivity contribution in [2.45, 2.75) is 97.0 Å². The maximum Gasteiger partial charge on any atom is 0.338 e. The minimum Gasteiger partial charge on any atom is -0.459 e. The number of esters is 1. The Labute approximate surface area is 217 Å². The fourth-order valence-electron chi connectivity index (χ4n) is 4.39. The van der Waals surface area contributed by atoms with Crippen molar-refractivity contribution in [1.29, 1.82) is 0 Å². The smallest absolute Gasteiger partial charge is 0.338 e. The third-order valence-corrected chi connectivity index (χ3v) is 6.64. The molecule has 0 saturated carbocycles. The number of nitrogens with zero attached hydrogens (tertiary/aromatic N) is 2. The number of ether oxygens (including phenoxy) is 1. The number of carbonyl (C=O) groups is 1. The van der Waals surface area contributed by atoms with Crippen molar-refractivity contribution in [2.75, 3.05) is 0 Å². The molecule has 1 heterocycles. The second kappa shape index (κ2) is 15.9. The summed E-state index contributed by atoms with van der Waals surface area (Å²) in [5.41, 5.74) is 4.19. The highest BCUT2D eigenvalue weighted by Crippen LogP contribution is 2.20. The lowest BCUT2D eigenvalue weighted by molar-refractivity contribution is 0.0321. The fraction of sp³-hybridized carbons (Fsp3) is 0.469. The van der Waals surface area contributed by atoms with E-state index < -0.39 is 0 Å². The van der Waals surface area contributed by atoms with Crippen LogP contribution in [0.1, 0.15) is 99.8 Å². The van der Waals surface area contributed by atoms with Gasteiger partial charge in [-0.25, -0.2) is 14.8 Å². The maximum absolute atomic E-state index is 12.2. The highest BCUT2D eigenvalue weighted by molar-refractivity contribution is 5.89. The van der Waals surface area contributed by atoms with Crippen molar-refractivity contribution < 1.29 is 9.53 Å². The topological polar surface area (TPSA) is 52.1 Å². The number of unbranched alkanes of at least 4 members (excludes halogenated alkanes) is 7. The van der Waals surface area contributed by atoms with Crippen LogP contribution in [0.2, 0.25) is 0 Å². The van der Waals surface area contributed by atoms with Gasteiger partial charge in [0.25, 0.3) is 0 Å². The van der Waals surface area contributed by atoms with Crippen LogP contribution in [0, 0.1) is 0 Å². The van der Waals surface area contributed by atoms with Crippen molar-refractivity contribution in [3.63, 3.8) is 0 Å². The lowest BCUT2D eigenvalue weighted by Crippen LogP contribution is -2.15. The lowest BCUT2D eigenvalue weighted by atomic mass is 10.0. The van der Waals surface area contributed by atoms with Gasteiger partial charge in [-0.15, -0.1) is 0 Å². The Morgan fingerprint density at radius 1 is 0.750 bits per heavy atom. The predicted molar refractivity (Wildman–Crippen MR) is 148 cm³/mol. The maximum atomic E-state index is 12.2. The Bertz CT molecular complexity index is 1000. The van der Waals surface area contributed by atoms with Crippen molar-refractivity contribution in [3.8, 4) is 11.1 Å². The largest absolute Gasteiger partial charge is 0.459 e. The predicted octanol–water partition coefficient (Wildman–Crippen LogP) is 8.40. The van der Waals surface area contributed by atoms with E-state index in [0.717, 1.165) is 42.6 Å². The van der Waals surface area contributed by atoms with E-state index in [0.29, 0.717) is 5.56 Å². The summed E-state index contributed by atoms with van der Waals surface area (Å²) >= 11 is 0. The van der Waals surface area contributed by atoms with Crippen molar-refractivity contribution >= 4 is 5.97 Å². The molecule has 0 fully saturated rings. The quantitative estimate of drug-likeness (QED) is 0.151. The number of aryl methyl sites for hydroxylation is 2. The molecule has 3 rings (SSSR count). The summed E-state index contributed by atoms with van der Waals surface area (Å²) in [6.07, 6.45) is 18.1. The van der Waals surface area contributed by atoms with Crippen LogP contribution in [-0.2, 0) is 17.6 Å². The molecule has 0 N–H and O–H groups in total. The molecule has 4 heteroatoms. The lowest BCUT2D eigenvalue weighted by Gasteiger charge is -2.13. The molecule has 0 amide bonds. The van der Waals surface area contributed by atoms with E-state index in [4.69, 9.17) is 4.74 Å². The van der Waals surface area contributed by atoms with Crippen molar-refractivity contribution in [3.05, 3.63) is 83.9 Å². The molecule has 4 nitrogen and oxygen atoms in total. The summed E-state index contributed by atoms with van der Waals surface area (Å²) in [5.74, 6) is 0.555. The van der Waals surface area contributed by atoms with Gasteiger partial charge in [-0.1, -0.05) is 94.3 Å². The molecule has 1 atom stereocenters. The highest BCUT2D eigenvalue weighted by Gasteiger charge is 2.12. The molecule has 0 spiro atoms. The standard InChI is InChI=1S/C32H42N2O2/c1-3-4-5-6-7-8-9-11-16-27-20-22-28(23-21-27)30-24-33-31(34-25-30)19-14-15-26(2)36-32(35)29-17-12-10-13-18-29/h10,12-13,17-18,20-26H,3-9,11,14-16,19H2,1-2H3. The molecule has 0 aliphatic carbocycles. The minimum atomic E-state index is -0.271. The highest BCUT2D eigenvalue weighted by atomic mass is 16.5. The van der Waals surface area contributed by atoms with E-state index in [1.807, 2.05) is 37.5 Å². The van der Waals surface area contributed by atoms with Gasteiger partial charge in [0.1, 0.15) is 5.82 Å². The first-order chi connectivity index (χ1) is 17.7. The molecule has 0 aliphatic heterocycles. The van der Waals surface area contributed by atoms with Crippen molar-refractivity contribution in [2.24, 2.45) is 0 Å². The molecule has 0 radical (unpaired) electrons. The van der Waals surface area contributed by atoms with Crippen LogP contribution in [0.3, 0.4) is 0 Å². The van der Waals surface area contributed by atoms with E-state index in [2.05, 4.69) is 41.2 Å². The van der Waals surface area contributed by atoms with Gasteiger partial charge in [0.15, 0.2) is 0 Å². The van der Waals surface area contributed by atoms with Gasteiger partial charge >= 0.3 is 5.97 Å². The first-order valence-corrected chi connectivity index (χ1v) is 13.8. The van der Waals surface area contributed by atoms with Crippen LogP contribution in [0.15, 0.2) is 67.0 Å². The summed E-state index contributed by atoms with van der Waals surface area (Å²) in [4.78, 5) is 21.3. The number of rotatable bonds is 16. The summed E-state index contributed by atoms with van der Waals surface area (Å²) in [7, 11) is 0. The van der Waals surface area contributed by atoms with E-state index in [9.17, 15) is 4.79 Å². The molecule has 2 aromatic carbocycles. The normalized spacial score (nSPS) is 11.8. The summed E-state index contributed by atoms with van der Waals surface area (Å²) < 4.78 is 5.54.